The molecule has 0 aliphatic heterocycles. The van der Waals surface area contributed by atoms with Gasteiger partial charge in [-0.15, -0.1) is 0 Å². The van der Waals surface area contributed by atoms with E-state index in [1.165, 1.54) is 16.7 Å². The van der Waals surface area contributed by atoms with Crippen LogP contribution in [-0.4, -0.2) is 14.8 Å². The van der Waals surface area contributed by atoms with Crippen LogP contribution in [0.3, 0.4) is 0 Å². The normalized spacial score (nSPS) is 10.5. The molecule has 15 heavy (non-hydrogen) atoms. The minimum Gasteiger partial charge on any atom is -0.494 e. The summed E-state index contributed by atoms with van der Waals surface area (Å²) in [4.78, 5) is 0. The lowest BCUT2D eigenvalue weighted by atomic mass is 10.3. The summed E-state index contributed by atoms with van der Waals surface area (Å²) >= 11 is 5.76. The first-order valence-corrected chi connectivity index (χ1v) is 4.62. The number of anilines is 1. The van der Waals surface area contributed by atoms with Crippen molar-refractivity contribution in [1.29, 1.82) is 0 Å². The highest BCUT2D eigenvalue weighted by Crippen LogP contribution is 2.29. The number of nitrogens with two attached hydrogens (primary N) is 1. The maximum absolute atomic E-state index is 9.47. The van der Waals surface area contributed by atoms with Gasteiger partial charge in [-0.05, 0) is 18.2 Å². The lowest BCUT2D eigenvalue weighted by Crippen LogP contribution is -1.95. The number of hydrogen-bond acceptors (Lipinski definition) is 3. The van der Waals surface area contributed by atoms with Crippen LogP contribution in [-0.2, 0) is 0 Å². The quantitative estimate of drug-likeness (QED) is 0.650. The Morgan fingerprint density at radius 3 is 2.20 bits per heavy atom. The van der Waals surface area contributed by atoms with Gasteiger partial charge in [0, 0.05) is 12.1 Å². The smallest absolute Gasteiger partial charge is 0.198 e. The molecule has 2 aromatic rings. The topological polar surface area (TPSA) is 71.4 Å². The van der Waals surface area contributed by atoms with Crippen LogP contribution in [0.4, 0.5) is 5.69 Å². The highest BCUT2D eigenvalue weighted by molar-refractivity contribution is 6.33. The number of aromatic hydroxyl groups is 2. The molecule has 0 spiro atoms. The number of rotatable bonds is 1. The van der Waals surface area contributed by atoms with E-state index in [0.29, 0.717) is 16.4 Å². The fraction of sp³-hybridized carbons (Fsp3) is 0. The summed E-state index contributed by atoms with van der Waals surface area (Å²) in [7, 11) is 0. The second-order valence-corrected chi connectivity index (χ2v) is 3.50. The molecule has 0 atom stereocenters. The van der Waals surface area contributed by atoms with Crippen molar-refractivity contribution in [3.05, 3.63) is 35.4 Å². The van der Waals surface area contributed by atoms with Gasteiger partial charge >= 0.3 is 0 Å². The number of benzene rings is 1. The highest BCUT2D eigenvalue weighted by atomic mass is 35.5. The SMILES string of the molecule is Nc1cc(-n2c(O)ccc2O)ccc1Cl. The highest BCUT2D eigenvalue weighted by Gasteiger charge is 2.08. The summed E-state index contributed by atoms with van der Waals surface area (Å²) in [5.74, 6) is -0.122. The molecular weight excluding hydrogens is 216 g/mol. The van der Waals surface area contributed by atoms with E-state index in [1.807, 2.05) is 0 Å². The molecule has 1 heterocycles. The van der Waals surface area contributed by atoms with Crippen molar-refractivity contribution in [3.8, 4) is 17.4 Å². The summed E-state index contributed by atoms with van der Waals surface area (Å²) in [5, 5.41) is 19.4. The molecule has 4 nitrogen and oxygen atoms in total. The van der Waals surface area contributed by atoms with Crippen molar-refractivity contribution < 1.29 is 10.2 Å². The Morgan fingerprint density at radius 1 is 1.07 bits per heavy atom. The second kappa shape index (κ2) is 3.40. The Kier molecular flexibility index (Phi) is 2.21. The van der Waals surface area contributed by atoms with Gasteiger partial charge in [0.05, 0.1) is 16.4 Å². The van der Waals surface area contributed by atoms with E-state index < -0.39 is 0 Å². The molecule has 1 aromatic carbocycles. The summed E-state index contributed by atoms with van der Waals surface area (Å²) in [6.07, 6.45) is 0. The molecule has 0 saturated heterocycles. The first kappa shape index (κ1) is 9.73. The molecule has 0 bridgehead atoms. The van der Waals surface area contributed by atoms with Crippen LogP contribution in [0.1, 0.15) is 0 Å². The monoisotopic (exact) mass is 224 g/mol. The van der Waals surface area contributed by atoms with Gasteiger partial charge in [0.25, 0.3) is 0 Å². The van der Waals surface area contributed by atoms with Gasteiger partial charge in [0.2, 0.25) is 0 Å². The van der Waals surface area contributed by atoms with Gasteiger partial charge in [-0.1, -0.05) is 11.6 Å². The maximum atomic E-state index is 9.47. The van der Waals surface area contributed by atoms with Crippen molar-refractivity contribution in [2.45, 2.75) is 0 Å². The molecule has 1 aromatic heterocycles. The van der Waals surface area contributed by atoms with Crippen LogP contribution in [0.15, 0.2) is 30.3 Å². The van der Waals surface area contributed by atoms with E-state index >= 15 is 0 Å². The lowest BCUT2D eigenvalue weighted by Gasteiger charge is -2.08. The average Bonchev–Trinajstić information content (AvgIpc) is 2.52. The van der Waals surface area contributed by atoms with Gasteiger partial charge in [-0.25, -0.2) is 0 Å². The predicted molar refractivity (Wildman–Crippen MR) is 58.5 cm³/mol. The first-order chi connectivity index (χ1) is 7.09. The van der Waals surface area contributed by atoms with Crippen molar-refractivity contribution >= 4 is 17.3 Å². The van der Waals surface area contributed by atoms with Crippen LogP contribution >= 0.6 is 11.6 Å². The minimum absolute atomic E-state index is 0.0609. The Morgan fingerprint density at radius 2 is 1.67 bits per heavy atom. The maximum Gasteiger partial charge on any atom is 0.198 e. The zero-order chi connectivity index (χ0) is 11.0. The molecule has 0 fully saturated rings. The summed E-state index contributed by atoms with van der Waals surface area (Å²) in [6.45, 7) is 0. The van der Waals surface area contributed by atoms with E-state index in [9.17, 15) is 10.2 Å². The standard InChI is InChI=1S/C10H9ClN2O2/c11-7-2-1-6(5-8(7)12)13-9(14)3-4-10(13)15/h1-5,14-15H,12H2. The van der Waals surface area contributed by atoms with Gasteiger partial charge in [0.15, 0.2) is 11.8 Å². The number of aromatic nitrogens is 1. The van der Waals surface area contributed by atoms with Crippen LogP contribution in [0.5, 0.6) is 11.8 Å². The Bertz CT molecular complexity index is 489. The zero-order valence-electron chi connectivity index (χ0n) is 7.68. The fourth-order valence-electron chi connectivity index (χ4n) is 1.35. The van der Waals surface area contributed by atoms with Crippen molar-refractivity contribution in [1.82, 2.24) is 4.57 Å². The molecule has 0 amide bonds. The van der Waals surface area contributed by atoms with Crippen LogP contribution in [0.2, 0.25) is 5.02 Å². The van der Waals surface area contributed by atoms with Crippen LogP contribution < -0.4 is 5.73 Å². The third-order valence-electron chi connectivity index (χ3n) is 2.08. The van der Waals surface area contributed by atoms with Gasteiger partial charge < -0.3 is 15.9 Å². The van der Waals surface area contributed by atoms with Crippen LogP contribution in [0, 0.1) is 0 Å². The Labute approximate surface area is 91.1 Å². The zero-order valence-corrected chi connectivity index (χ0v) is 8.44. The number of nitrogens with zero attached hydrogens (tertiary/aromatic N) is 1. The number of hydrogen-bond donors (Lipinski definition) is 3. The molecular formula is C10H9ClN2O2. The van der Waals surface area contributed by atoms with Gasteiger partial charge in [-0.2, -0.15) is 0 Å². The Balaban J connectivity index is 2.59. The largest absolute Gasteiger partial charge is 0.494 e. The molecule has 4 N–H and O–H groups in total. The number of nitrogen functional groups attached to an aromatic ring is 1. The lowest BCUT2D eigenvalue weighted by molar-refractivity contribution is 0.402. The predicted octanol–water partition coefficient (Wildman–Crippen LogP) is 2.12. The van der Waals surface area contributed by atoms with Gasteiger partial charge in [-0.3, -0.25) is 4.57 Å². The Hall–Kier alpha value is -1.81. The molecule has 0 radical (unpaired) electrons. The van der Waals surface area contributed by atoms with E-state index in [0.717, 1.165) is 0 Å². The van der Waals surface area contributed by atoms with E-state index in [4.69, 9.17) is 17.3 Å². The molecule has 0 aliphatic rings. The van der Waals surface area contributed by atoms with E-state index in [-0.39, 0.29) is 11.8 Å². The molecule has 0 unspecified atom stereocenters. The van der Waals surface area contributed by atoms with Gasteiger partial charge in [0.1, 0.15) is 0 Å². The van der Waals surface area contributed by atoms with Crippen LogP contribution in [0.25, 0.3) is 5.69 Å². The third kappa shape index (κ3) is 1.59. The summed E-state index contributed by atoms with van der Waals surface area (Å²) < 4.78 is 1.26. The molecule has 78 valence electrons. The molecule has 0 aliphatic carbocycles. The third-order valence-corrected chi connectivity index (χ3v) is 2.42. The molecule has 2 rings (SSSR count). The van der Waals surface area contributed by atoms with Crippen molar-refractivity contribution in [2.24, 2.45) is 0 Å². The average molecular weight is 225 g/mol. The van der Waals surface area contributed by atoms with E-state index in [2.05, 4.69) is 0 Å². The molecule has 0 saturated carbocycles. The first-order valence-electron chi connectivity index (χ1n) is 4.24. The second-order valence-electron chi connectivity index (χ2n) is 3.09. The fourth-order valence-corrected chi connectivity index (χ4v) is 1.47. The minimum atomic E-state index is -0.0609. The summed E-state index contributed by atoms with van der Waals surface area (Å²) in [5.41, 5.74) is 6.56. The van der Waals surface area contributed by atoms with Crippen molar-refractivity contribution in [3.63, 3.8) is 0 Å². The number of halogens is 1. The van der Waals surface area contributed by atoms with E-state index in [1.54, 1.807) is 18.2 Å². The van der Waals surface area contributed by atoms with Crippen molar-refractivity contribution in [2.75, 3.05) is 5.73 Å². The summed E-state index contributed by atoms with van der Waals surface area (Å²) in [6, 6.07) is 7.60. The molecule has 5 heteroatoms.